The van der Waals surface area contributed by atoms with E-state index in [1.54, 1.807) is 6.92 Å². The quantitative estimate of drug-likeness (QED) is 0.671. The number of alkyl halides is 1. The highest BCUT2D eigenvalue weighted by Gasteiger charge is 2.33. The number of hydrogen-bond donors (Lipinski definition) is 2. The smallest absolute Gasteiger partial charge is 0.112 e. The summed E-state index contributed by atoms with van der Waals surface area (Å²) in [4.78, 5) is 0. The van der Waals surface area contributed by atoms with Gasteiger partial charge in [-0.25, -0.2) is 4.39 Å². The Balaban J connectivity index is 2.41. The molecular weight excluding hydrogens is 155 g/mol. The maximum absolute atomic E-state index is 13.9. The molecule has 0 amide bonds. The molecule has 1 heterocycles. The molecule has 1 saturated heterocycles. The van der Waals surface area contributed by atoms with Crippen molar-refractivity contribution >= 4 is 0 Å². The SMILES string of the molecule is CC(F)(CCN)C1CCNCC1. The minimum absolute atomic E-state index is 0.210. The van der Waals surface area contributed by atoms with Crippen LogP contribution in [-0.2, 0) is 0 Å². The maximum atomic E-state index is 13.9. The third-order valence-electron chi connectivity index (χ3n) is 2.82. The minimum Gasteiger partial charge on any atom is -0.330 e. The van der Waals surface area contributed by atoms with Crippen molar-refractivity contribution in [3.8, 4) is 0 Å². The van der Waals surface area contributed by atoms with Crippen LogP contribution in [-0.4, -0.2) is 25.3 Å². The summed E-state index contributed by atoms with van der Waals surface area (Å²) in [5.74, 6) is 0.210. The highest BCUT2D eigenvalue weighted by molar-refractivity contribution is 4.85. The molecule has 1 aliphatic heterocycles. The summed E-state index contributed by atoms with van der Waals surface area (Å²) < 4.78 is 13.9. The van der Waals surface area contributed by atoms with E-state index in [1.165, 1.54) is 0 Å². The van der Waals surface area contributed by atoms with Gasteiger partial charge in [-0.2, -0.15) is 0 Å². The Kier molecular flexibility index (Phi) is 3.47. The summed E-state index contributed by atoms with van der Waals surface area (Å²) in [6, 6.07) is 0. The summed E-state index contributed by atoms with van der Waals surface area (Å²) in [6.07, 6.45) is 2.40. The second-order valence-corrected chi connectivity index (χ2v) is 3.84. The van der Waals surface area contributed by atoms with Crippen molar-refractivity contribution in [2.45, 2.75) is 31.9 Å². The molecule has 0 aromatic carbocycles. The molecule has 0 bridgehead atoms. The van der Waals surface area contributed by atoms with E-state index in [2.05, 4.69) is 5.32 Å². The van der Waals surface area contributed by atoms with E-state index in [1.807, 2.05) is 0 Å². The molecule has 0 aromatic heterocycles. The standard InChI is InChI=1S/C9H19FN2/c1-9(10,4-5-11)8-2-6-12-7-3-8/h8,12H,2-7,11H2,1H3. The number of rotatable bonds is 3. The summed E-state index contributed by atoms with van der Waals surface area (Å²) in [5.41, 5.74) is 4.32. The molecule has 1 atom stereocenters. The fourth-order valence-corrected chi connectivity index (χ4v) is 1.91. The predicted molar refractivity (Wildman–Crippen MR) is 48.8 cm³/mol. The lowest BCUT2D eigenvalue weighted by Gasteiger charge is -2.33. The van der Waals surface area contributed by atoms with Crippen molar-refractivity contribution in [1.82, 2.24) is 5.32 Å². The lowest BCUT2D eigenvalue weighted by Crippen LogP contribution is -2.40. The molecule has 1 aliphatic rings. The molecule has 0 spiro atoms. The Morgan fingerprint density at radius 2 is 2.08 bits per heavy atom. The average Bonchev–Trinajstić information content (AvgIpc) is 2.06. The van der Waals surface area contributed by atoms with Gasteiger partial charge in [0.2, 0.25) is 0 Å². The van der Waals surface area contributed by atoms with Gasteiger partial charge in [-0.1, -0.05) is 0 Å². The lowest BCUT2D eigenvalue weighted by atomic mass is 9.81. The summed E-state index contributed by atoms with van der Waals surface area (Å²) >= 11 is 0. The number of piperidine rings is 1. The van der Waals surface area contributed by atoms with Gasteiger partial charge in [0.05, 0.1) is 0 Å². The minimum atomic E-state index is -1.04. The van der Waals surface area contributed by atoms with Crippen LogP contribution >= 0.6 is 0 Å². The van der Waals surface area contributed by atoms with Gasteiger partial charge in [-0.05, 0) is 51.7 Å². The molecule has 12 heavy (non-hydrogen) atoms. The molecule has 3 N–H and O–H groups in total. The van der Waals surface area contributed by atoms with Crippen molar-refractivity contribution in [1.29, 1.82) is 0 Å². The van der Waals surface area contributed by atoms with E-state index in [4.69, 9.17) is 5.73 Å². The van der Waals surface area contributed by atoms with E-state index >= 15 is 0 Å². The van der Waals surface area contributed by atoms with Gasteiger partial charge in [0.25, 0.3) is 0 Å². The fraction of sp³-hybridized carbons (Fsp3) is 1.00. The molecule has 1 unspecified atom stereocenters. The molecule has 3 heteroatoms. The number of hydrogen-bond acceptors (Lipinski definition) is 2. The summed E-state index contributed by atoms with van der Waals surface area (Å²) in [5, 5.41) is 3.23. The summed E-state index contributed by atoms with van der Waals surface area (Å²) in [6.45, 7) is 4.05. The van der Waals surface area contributed by atoms with Crippen LogP contribution in [0.1, 0.15) is 26.2 Å². The van der Waals surface area contributed by atoms with Gasteiger partial charge >= 0.3 is 0 Å². The Morgan fingerprint density at radius 1 is 1.50 bits per heavy atom. The normalized spacial score (nSPS) is 25.2. The third kappa shape index (κ3) is 2.42. The second-order valence-electron chi connectivity index (χ2n) is 3.84. The number of nitrogens with one attached hydrogen (secondary N) is 1. The first-order chi connectivity index (χ1) is 5.67. The van der Waals surface area contributed by atoms with E-state index in [-0.39, 0.29) is 5.92 Å². The Hall–Kier alpha value is -0.150. The Labute approximate surface area is 73.7 Å². The van der Waals surface area contributed by atoms with Crippen LogP contribution in [0, 0.1) is 5.92 Å². The van der Waals surface area contributed by atoms with Crippen molar-refractivity contribution < 1.29 is 4.39 Å². The third-order valence-corrected chi connectivity index (χ3v) is 2.82. The Bertz CT molecular complexity index is 130. The zero-order chi connectivity index (χ0) is 9.03. The van der Waals surface area contributed by atoms with Crippen LogP contribution in [0.4, 0.5) is 4.39 Å². The van der Waals surface area contributed by atoms with Gasteiger partial charge in [-0.3, -0.25) is 0 Å². The average molecular weight is 174 g/mol. The van der Waals surface area contributed by atoms with Crippen molar-refractivity contribution in [3.05, 3.63) is 0 Å². The first kappa shape index (κ1) is 9.93. The van der Waals surface area contributed by atoms with Crippen molar-refractivity contribution in [2.24, 2.45) is 11.7 Å². The van der Waals surface area contributed by atoms with Gasteiger partial charge in [-0.15, -0.1) is 0 Å². The maximum Gasteiger partial charge on any atom is 0.112 e. The molecule has 1 rings (SSSR count). The van der Waals surface area contributed by atoms with Crippen LogP contribution in [0.15, 0.2) is 0 Å². The van der Waals surface area contributed by atoms with Crippen LogP contribution in [0.3, 0.4) is 0 Å². The zero-order valence-corrected chi connectivity index (χ0v) is 7.78. The molecule has 0 saturated carbocycles. The highest BCUT2D eigenvalue weighted by atomic mass is 19.1. The highest BCUT2D eigenvalue weighted by Crippen LogP contribution is 2.31. The van der Waals surface area contributed by atoms with Gasteiger partial charge in [0, 0.05) is 0 Å². The monoisotopic (exact) mass is 174 g/mol. The molecule has 0 aromatic rings. The molecular formula is C9H19FN2. The number of nitrogens with two attached hydrogens (primary N) is 1. The molecule has 2 nitrogen and oxygen atoms in total. The van der Waals surface area contributed by atoms with Crippen LogP contribution < -0.4 is 11.1 Å². The van der Waals surface area contributed by atoms with E-state index in [0.29, 0.717) is 13.0 Å². The topological polar surface area (TPSA) is 38.0 Å². The first-order valence-corrected chi connectivity index (χ1v) is 4.76. The van der Waals surface area contributed by atoms with E-state index < -0.39 is 5.67 Å². The largest absolute Gasteiger partial charge is 0.330 e. The van der Waals surface area contributed by atoms with Gasteiger partial charge < -0.3 is 11.1 Å². The van der Waals surface area contributed by atoms with Crippen molar-refractivity contribution in [2.75, 3.05) is 19.6 Å². The van der Waals surface area contributed by atoms with Crippen LogP contribution in [0.5, 0.6) is 0 Å². The summed E-state index contributed by atoms with van der Waals surface area (Å²) in [7, 11) is 0. The van der Waals surface area contributed by atoms with Crippen molar-refractivity contribution in [3.63, 3.8) is 0 Å². The van der Waals surface area contributed by atoms with Crippen LogP contribution in [0.25, 0.3) is 0 Å². The fourth-order valence-electron chi connectivity index (χ4n) is 1.91. The van der Waals surface area contributed by atoms with E-state index in [9.17, 15) is 4.39 Å². The Morgan fingerprint density at radius 3 is 2.58 bits per heavy atom. The lowest BCUT2D eigenvalue weighted by molar-refractivity contribution is 0.0726. The molecule has 1 fully saturated rings. The number of halogens is 1. The van der Waals surface area contributed by atoms with E-state index in [0.717, 1.165) is 25.9 Å². The molecule has 72 valence electrons. The predicted octanol–water partition coefficient (Wildman–Crippen LogP) is 1.06. The van der Waals surface area contributed by atoms with Gasteiger partial charge in [0.15, 0.2) is 0 Å². The van der Waals surface area contributed by atoms with Crippen LogP contribution in [0.2, 0.25) is 0 Å². The molecule has 0 aliphatic carbocycles. The zero-order valence-electron chi connectivity index (χ0n) is 7.78. The van der Waals surface area contributed by atoms with Gasteiger partial charge in [0.1, 0.15) is 5.67 Å². The molecule has 0 radical (unpaired) electrons. The first-order valence-electron chi connectivity index (χ1n) is 4.76. The second kappa shape index (κ2) is 4.19.